The largest absolute Gasteiger partial charge is 0.379 e. The van der Waals surface area contributed by atoms with Gasteiger partial charge in [0.05, 0.1) is 52.9 Å². The van der Waals surface area contributed by atoms with Crippen molar-refractivity contribution in [2.75, 3.05) is 71.8 Å². The van der Waals surface area contributed by atoms with Crippen LogP contribution in [0.15, 0.2) is 0 Å². The van der Waals surface area contributed by atoms with E-state index < -0.39 is 0 Å². The molecule has 5 nitrogen and oxygen atoms in total. The number of rotatable bonds is 24. The molecule has 0 saturated carbocycles. The van der Waals surface area contributed by atoms with E-state index in [1.165, 1.54) is 51.4 Å². The summed E-state index contributed by atoms with van der Waals surface area (Å²) in [6.45, 7) is 5.78. The predicted octanol–water partition coefficient (Wildman–Crippen LogP) is 4.14. The Morgan fingerprint density at radius 2 is 0.821 bits per heavy atom. The lowest BCUT2D eigenvalue weighted by Crippen LogP contribution is -2.13. The Morgan fingerprint density at radius 1 is 0.464 bits per heavy atom. The van der Waals surface area contributed by atoms with Crippen molar-refractivity contribution in [2.45, 2.75) is 57.8 Å². The molecule has 166 valence electrons. The molecule has 0 aromatic carbocycles. The first-order chi connectivity index (χ1) is 13.9. The van der Waals surface area contributed by atoms with E-state index in [4.69, 9.17) is 30.1 Å². The number of unbranched alkanes of at least 4 members (excludes halogenated alkanes) is 8. The molecule has 0 aromatic rings. The second-order valence-corrected chi connectivity index (χ2v) is 7.06. The number of ether oxygens (including phenoxy) is 5. The van der Waals surface area contributed by atoms with E-state index in [9.17, 15) is 0 Å². The maximum absolute atomic E-state index is 5.59. The van der Waals surface area contributed by atoms with Crippen LogP contribution in [0.2, 0.25) is 0 Å². The molecular weight excluding hydrogens is 376 g/mol. The van der Waals surface area contributed by atoms with E-state index in [2.05, 4.69) is 18.5 Å². The molecule has 0 aliphatic carbocycles. The lowest BCUT2D eigenvalue weighted by atomic mass is 10.1. The van der Waals surface area contributed by atoms with Gasteiger partial charge in [-0.05, 0) is 18.6 Å². The molecule has 0 atom stereocenters. The Bertz CT molecular complexity index is 323. The van der Waals surface area contributed by atoms with Crippen LogP contribution in [-0.2, 0) is 23.7 Å². The summed E-state index contributed by atoms with van der Waals surface area (Å²) in [5.74, 6) is 3.43. The fourth-order valence-electron chi connectivity index (χ4n) is 2.56. The number of thiol groups is 1. The summed E-state index contributed by atoms with van der Waals surface area (Å²) < 4.78 is 26.9. The summed E-state index contributed by atoms with van der Waals surface area (Å²) in [6.07, 6.45) is 16.9. The molecular formula is C22H42O5S. The topological polar surface area (TPSA) is 46.2 Å². The maximum Gasteiger partial charge on any atom is 0.107 e. The van der Waals surface area contributed by atoms with Crippen LogP contribution in [0.4, 0.5) is 0 Å². The standard InChI is InChI=1S/C22H42O5S/c1-2-12-23-14-16-25-18-20-27-21-19-26-17-15-24-13-10-8-6-4-3-5-7-9-11-22-28/h1,28H,3-22H2. The van der Waals surface area contributed by atoms with Gasteiger partial charge in [-0.25, -0.2) is 0 Å². The van der Waals surface area contributed by atoms with Crippen molar-refractivity contribution in [3.63, 3.8) is 0 Å². The first-order valence-electron chi connectivity index (χ1n) is 10.8. The molecule has 0 aliphatic heterocycles. The molecule has 0 N–H and O–H groups in total. The molecule has 0 unspecified atom stereocenters. The summed E-state index contributed by atoms with van der Waals surface area (Å²) in [5, 5.41) is 0. The fourth-order valence-corrected chi connectivity index (χ4v) is 2.79. The van der Waals surface area contributed by atoms with Gasteiger partial charge in [0.2, 0.25) is 0 Å². The van der Waals surface area contributed by atoms with Crippen LogP contribution in [-0.4, -0.2) is 71.8 Å². The van der Waals surface area contributed by atoms with Crippen LogP contribution >= 0.6 is 12.6 Å². The van der Waals surface area contributed by atoms with Gasteiger partial charge in [-0.2, -0.15) is 12.6 Å². The number of hydrogen-bond acceptors (Lipinski definition) is 6. The molecule has 0 spiro atoms. The smallest absolute Gasteiger partial charge is 0.107 e. The third-order valence-corrected chi connectivity index (χ3v) is 4.44. The Morgan fingerprint density at radius 3 is 1.25 bits per heavy atom. The van der Waals surface area contributed by atoms with Gasteiger partial charge in [0.25, 0.3) is 0 Å². The highest BCUT2D eigenvalue weighted by molar-refractivity contribution is 7.80. The van der Waals surface area contributed by atoms with Crippen LogP contribution in [0.1, 0.15) is 57.8 Å². The molecule has 0 bridgehead atoms. The minimum atomic E-state index is 0.332. The van der Waals surface area contributed by atoms with E-state index in [1.54, 1.807) is 0 Å². The molecule has 0 amide bonds. The van der Waals surface area contributed by atoms with Crippen LogP contribution < -0.4 is 0 Å². The molecule has 0 heterocycles. The number of terminal acetylenes is 1. The van der Waals surface area contributed by atoms with Gasteiger partial charge < -0.3 is 23.7 Å². The minimum Gasteiger partial charge on any atom is -0.379 e. The minimum absolute atomic E-state index is 0.332. The number of hydrogen-bond donors (Lipinski definition) is 1. The van der Waals surface area contributed by atoms with Crippen molar-refractivity contribution < 1.29 is 23.7 Å². The monoisotopic (exact) mass is 418 g/mol. The normalized spacial score (nSPS) is 11.0. The highest BCUT2D eigenvalue weighted by Crippen LogP contribution is 2.09. The molecule has 0 aromatic heterocycles. The average molecular weight is 419 g/mol. The molecule has 0 radical (unpaired) electrons. The molecule has 0 fully saturated rings. The highest BCUT2D eigenvalue weighted by Gasteiger charge is 1.95. The summed E-state index contributed by atoms with van der Waals surface area (Å²) in [7, 11) is 0. The second kappa shape index (κ2) is 26.7. The SMILES string of the molecule is C#CCOCCOCCOCCOCCOCCCCCCCCCCCS. The summed E-state index contributed by atoms with van der Waals surface area (Å²) in [4.78, 5) is 0. The van der Waals surface area contributed by atoms with Gasteiger partial charge >= 0.3 is 0 Å². The lowest BCUT2D eigenvalue weighted by Gasteiger charge is -2.07. The first kappa shape index (κ1) is 27.7. The van der Waals surface area contributed by atoms with E-state index in [-0.39, 0.29) is 0 Å². The maximum atomic E-state index is 5.59. The highest BCUT2D eigenvalue weighted by atomic mass is 32.1. The third-order valence-electron chi connectivity index (χ3n) is 4.12. The Hall–Kier alpha value is -0.290. The first-order valence-corrected chi connectivity index (χ1v) is 11.5. The van der Waals surface area contributed by atoms with Crippen molar-refractivity contribution >= 4 is 12.6 Å². The summed E-state index contributed by atoms with van der Waals surface area (Å²) in [6, 6.07) is 0. The Kier molecular flexibility index (Phi) is 26.4. The molecule has 0 aliphatic rings. The second-order valence-electron chi connectivity index (χ2n) is 6.61. The van der Waals surface area contributed by atoms with Gasteiger partial charge in [-0.1, -0.05) is 50.9 Å². The predicted molar refractivity (Wildman–Crippen MR) is 118 cm³/mol. The fraction of sp³-hybridized carbons (Fsp3) is 0.909. The van der Waals surface area contributed by atoms with Crippen LogP contribution in [0.3, 0.4) is 0 Å². The zero-order valence-corrected chi connectivity index (χ0v) is 18.6. The van der Waals surface area contributed by atoms with Gasteiger partial charge in [0, 0.05) is 6.61 Å². The van der Waals surface area contributed by atoms with Gasteiger partial charge in [0.1, 0.15) is 6.61 Å². The van der Waals surface area contributed by atoms with Crippen LogP contribution in [0, 0.1) is 12.3 Å². The van der Waals surface area contributed by atoms with Crippen molar-refractivity contribution in [1.29, 1.82) is 0 Å². The summed E-state index contributed by atoms with van der Waals surface area (Å²) >= 11 is 4.24. The zero-order valence-electron chi connectivity index (χ0n) is 17.7. The average Bonchev–Trinajstić information content (AvgIpc) is 2.71. The molecule has 0 saturated heterocycles. The molecule has 28 heavy (non-hydrogen) atoms. The van der Waals surface area contributed by atoms with Crippen molar-refractivity contribution in [2.24, 2.45) is 0 Å². The quantitative estimate of drug-likeness (QED) is 0.145. The van der Waals surface area contributed by atoms with Gasteiger partial charge in [0.15, 0.2) is 0 Å². The third kappa shape index (κ3) is 25.7. The van der Waals surface area contributed by atoms with E-state index >= 15 is 0 Å². The van der Waals surface area contributed by atoms with Gasteiger partial charge in [-0.3, -0.25) is 0 Å². The lowest BCUT2D eigenvalue weighted by molar-refractivity contribution is -0.00935. The van der Waals surface area contributed by atoms with E-state index in [0.717, 1.165) is 18.8 Å². The Labute approximate surface area is 178 Å². The van der Waals surface area contributed by atoms with Crippen molar-refractivity contribution in [3.05, 3.63) is 0 Å². The molecule has 6 heteroatoms. The van der Waals surface area contributed by atoms with Crippen LogP contribution in [0.25, 0.3) is 0 Å². The van der Waals surface area contributed by atoms with Gasteiger partial charge in [-0.15, -0.1) is 6.42 Å². The zero-order chi connectivity index (χ0) is 20.4. The summed E-state index contributed by atoms with van der Waals surface area (Å²) in [5.41, 5.74) is 0. The van der Waals surface area contributed by atoms with E-state index in [0.29, 0.717) is 59.5 Å². The van der Waals surface area contributed by atoms with Crippen LogP contribution in [0.5, 0.6) is 0 Å². The van der Waals surface area contributed by atoms with E-state index in [1.807, 2.05) is 0 Å². The van der Waals surface area contributed by atoms with Crippen molar-refractivity contribution in [3.8, 4) is 12.3 Å². The molecule has 0 rings (SSSR count). The Balaban J connectivity index is 2.97. The van der Waals surface area contributed by atoms with Crippen molar-refractivity contribution in [1.82, 2.24) is 0 Å².